The van der Waals surface area contributed by atoms with E-state index in [0.717, 1.165) is 16.9 Å². The molecule has 0 saturated heterocycles. The minimum absolute atomic E-state index is 0.0290. The number of amides is 2. The first-order valence-electron chi connectivity index (χ1n) is 12.3. The van der Waals surface area contributed by atoms with Gasteiger partial charge < -0.3 is 20.2 Å². The number of ether oxygens (including phenoxy) is 1. The number of fused-ring (bicyclic) bond motifs is 1. The summed E-state index contributed by atoms with van der Waals surface area (Å²) in [6, 6.07) is 11.8. The van der Waals surface area contributed by atoms with Crippen molar-refractivity contribution in [3.63, 3.8) is 0 Å². The average Bonchev–Trinajstić information content (AvgIpc) is 3.65. The van der Waals surface area contributed by atoms with Crippen LogP contribution in [-0.4, -0.2) is 26.6 Å². The highest BCUT2D eigenvalue weighted by Gasteiger charge is 2.27. The molecule has 5 aromatic rings. The van der Waals surface area contributed by atoms with Gasteiger partial charge in [0.2, 0.25) is 0 Å². The third-order valence-corrected chi connectivity index (χ3v) is 7.38. The number of alkyl halides is 2. The molecule has 0 radical (unpaired) electrons. The van der Waals surface area contributed by atoms with E-state index >= 15 is 0 Å². The van der Waals surface area contributed by atoms with Gasteiger partial charge in [-0.3, -0.25) is 14.3 Å². The summed E-state index contributed by atoms with van der Waals surface area (Å²) in [4.78, 5) is 29.8. The fourth-order valence-corrected chi connectivity index (χ4v) is 5.31. The number of aromatic nitrogens is 3. The Hall–Kier alpha value is -4.58. The van der Waals surface area contributed by atoms with Crippen LogP contribution in [-0.2, 0) is 13.2 Å². The van der Waals surface area contributed by atoms with Crippen molar-refractivity contribution in [2.24, 2.45) is 5.73 Å². The van der Waals surface area contributed by atoms with Crippen LogP contribution in [0.25, 0.3) is 21.3 Å². The normalized spacial score (nSPS) is 11.3. The van der Waals surface area contributed by atoms with Crippen LogP contribution in [0, 0.1) is 13.8 Å². The second-order valence-corrected chi connectivity index (χ2v) is 10.0. The lowest BCUT2D eigenvalue weighted by Gasteiger charge is -2.10. The third-order valence-electron chi connectivity index (χ3n) is 6.28. The van der Waals surface area contributed by atoms with Crippen molar-refractivity contribution in [2.75, 3.05) is 5.32 Å². The fourth-order valence-electron chi connectivity index (χ4n) is 4.30. The summed E-state index contributed by atoms with van der Waals surface area (Å²) in [5, 5.41) is 7.44. The van der Waals surface area contributed by atoms with Gasteiger partial charge in [0, 0.05) is 23.7 Å². The highest BCUT2D eigenvalue weighted by atomic mass is 32.1. The molecule has 0 aliphatic heterocycles. The monoisotopic (exact) mass is 565 g/mol. The first-order valence-corrected chi connectivity index (χ1v) is 13.2. The first kappa shape index (κ1) is 27.0. The molecule has 0 spiro atoms. The Labute approximate surface area is 231 Å². The van der Waals surface area contributed by atoms with Crippen LogP contribution in [0.3, 0.4) is 0 Å². The summed E-state index contributed by atoms with van der Waals surface area (Å²) in [5.41, 5.74) is 7.69. The number of hydrogen-bond acceptors (Lipinski definition) is 7. The van der Waals surface area contributed by atoms with E-state index in [2.05, 4.69) is 15.4 Å². The van der Waals surface area contributed by atoms with Gasteiger partial charge in [-0.15, -0.1) is 11.3 Å². The number of nitrogens with two attached hydrogens (primary N) is 1. The molecule has 5 rings (SSSR count). The van der Waals surface area contributed by atoms with E-state index in [9.17, 15) is 18.4 Å². The van der Waals surface area contributed by atoms with E-state index < -0.39 is 23.9 Å². The zero-order chi connectivity index (χ0) is 28.6. The minimum atomic E-state index is -2.86. The smallest absolute Gasteiger partial charge is 0.291 e. The van der Waals surface area contributed by atoms with Gasteiger partial charge >= 0.3 is 0 Å². The standard InChI is InChI=1S/C28H25F2N5O4S/c1-4-35-12-18(15(3)34-35)17-11-19(25(29)30)32-28-22(17)23(24(40-28)26(31)36)33-27(37)21-10-9-16(39-21)13-38-20-8-6-5-7-14(20)2/h5-12,25H,4,13H2,1-3H3,(H2,31,36)(H,33,37). The van der Waals surface area contributed by atoms with Gasteiger partial charge in [-0.2, -0.15) is 5.10 Å². The molecule has 9 nitrogen and oxygen atoms in total. The topological polar surface area (TPSA) is 125 Å². The zero-order valence-electron chi connectivity index (χ0n) is 21.8. The number of furan rings is 1. The molecular weight excluding hydrogens is 540 g/mol. The summed E-state index contributed by atoms with van der Waals surface area (Å²) in [7, 11) is 0. The van der Waals surface area contributed by atoms with Gasteiger partial charge in [0.25, 0.3) is 18.2 Å². The molecular formula is C28H25F2N5O4S. The number of thiophene rings is 1. The second kappa shape index (κ2) is 10.9. The maximum absolute atomic E-state index is 13.8. The van der Waals surface area contributed by atoms with Crippen LogP contribution >= 0.6 is 11.3 Å². The Morgan fingerprint density at radius 2 is 1.95 bits per heavy atom. The lowest BCUT2D eigenvalue weighted by Crippen LogP contribution is -2.16. The summed E-state index contributed by atoms with van der Waals surface area (Å²) in [6.07, 6.45) is -1.13. The molecule has 0 bridgehead atoms. The number of anilines is 1. The molecule has 0 aliphatic rings. The van der Waals surface area contributed by atoms with Crippen molar-refractivity contribution in [1.29, 1.82) is 0 Å². The highest BCUT2D eigenvalue weighted by Crippen LogP contribution is 2.43. The molecule has 3 N–H and O–H groups in total. The molecule has 1 aromatic carbocycles. The van der Waals surface area contributed by atoms with Gasteiger partial charge in [-0.1, -0.05) is 18.2 Å². The Kier molecular flexibility index (Phi) is 7.35. The molecule has 0 fully saturated rings. The Morgan fingerprint density at radius 1 is 1.18 bits per heavy atom. The maximum atomic E-state index is 13.8. The maximum Gasteiger partial charge on any atom is 0.291 e. The average molecular weight is 566 g/mol. The number of halogens is 2. The first-order chi connectivity index (χ1) is 19.2. The summed E-state index contributed by atoms with van der Waals surface area (Å²) < 4.78 is 40.7. The number of pyridine rings is 1. The summed E-state index contributed by atoms with van der Waals surface area (Å²) >= 11 is 0.829. The van der Waals surface area contributed by atoms with Crippen molar-refractivity contribution in [3.05, 3.63) is 82.0 Å². The van der Waals surface area contributed by atoms with Crippen LogP contribution in [0.2, 0.25) is 0 Å². The predicted molar refractivity (Wildman–Crippen MR) is 147 cm³/mol. The second-order valence-electron chi connectivity index (χ2n) is 9.00. The zero-order valence-corrected chi connectivity index (χ0v) is 22.6. The number of hydrogen-bond donors (Lipinski definition) is 2. The van der Waals surface area contributed by atoms with Crippen LogP contribution < -0.4 is 15.8 Å². The summed E-state index contributed by atoms with van der Waals surface area (Å²) in [5.74, 6) is -0.437. The van der Waals surface area contributed by atoms with E-state index in [0.29, 0.717) is 40.3 Å². The Balaban J connectivity index is 1.53. The molecule has 0 atom stereocenters. The highest BCUT2D eigenvalue weighted by molar-refractivity contribution is 7.21. The number of nitrogens with one attached hydrogen (secondary N) is 1. The van der Waals surface area contributed by atoms with E-state index in [1.165, 1.54) is 12.1 Å². The van der Waals surface area contributed by atoms with E-state index in [-0.39, 0.29) is 27.8 Å². The molecule has 40 heavy (non-hydrogen) atoms. The Morgan fingerprint density at radius 3 is 2.62 bits per heavy atom. The van der Waals surface area contributed by atoms with E-state index in [1.807, 2.05) is 38.1 Å². The number of carbonyl (C=O) groups excluding carboxylic acids is 2. The predicted octanol–water partition coefficient (Wildman–Crippen LogP) is 6.26. The van der Waals surface area contributed by atoms with Crippen LogP contribution in [0.1, 0.15) is 56.3 Å². The number of primary amides is 1. The lowest BCUT2D eigenvalue weighted by atomic mass is 10.0. The third kappa shape index (κ3) is 5.17. The SMILES string of the molecule is CCn1cc(-c2cc(C(F)F)nc3sc(C(N)=O)c(NC(=O)c4ccc(COc5ccccc5C)o4)c23)c(C)n1. The number of para-hydroxylation sites is 1. The van der Waals surface area contributed by atoms with Gasteiger partial charge in [0.05, 0.1) is 11.4 Å². The minimum Gasteiger partial charge on any atom is -0.485 e. The van der Waals surface area contributed by atoms with Crippen LogP contribution in [0.15, 0.2) is 53.1 Å². The quantitative estimate of drug-likeness (QED) is 0.217. The molecule has 12 heteroatoms. The molecule has 0 aliphatic carbocycles. The number of carbonyl (C=O) groups is 2. The number of aryl methyl sites for hydroxylation is 3. The largest absolute Gasteiger partial charge is 0.485 e. The van der Waals surface area contributed by atoms with Crippen LogP contribution in [0.5, 0.6) is 5.75 Å². The lowest BCUT2D eigenvalue weighted by molar-refractivity contribution is 0.0992. The van der Waals surface area contributed by atoms with E-state index in [4.69, 9.17) is 14.9 Å². The van der Waals surface area contributed by atoms with E-state index in [1.54, 1.807) is 23.9 Å². The van der Waals surface area contributed by atoms with Crippen molar-refractivity contribution < 1.29 is 27.5 Å². The van der Waals surface area contributed by atoms with Crippen molar-refractivity contribution in [2.45, 2.75) is 40.3 Å². The number of rotatable bonds is 9. The molecule has 0 unspecified atom stereocenters. The van der Waals surface area contributed by atoms with Crippen molar-refractivity contribution in [1.82, 2.24) is 14.8 Å². The molecule has 0 saturated carbocycles. The molecule has 4 aromatic heterocycles. The molecule has 2 amide bonds. The van der Waals surface area contributed by atoms with Gasteiger partial charge in [-0.25, -0.2) is 13.8 Å². The van der Waals surface area contributed by atoms with Crippen LogP contribution in [0.4, 0.5) is 14.5 Å². The van der Waals surface area contributed by atoms with Crippen molar-refractivity contribution in [3.8, 4) is 16.9 Å². The fraction of sp³-hybridized carbons (Fsp3) is 0.214. The molecule has 4 heterocycles. The number of benzene rings is 1. The Bertz CT molecular complexity index is 1740. The van der Waals surface area contributed by atoms with Gasteiger partial charge in [-0.05, 0) is 56.2 Å². The summed E-state index contributed by atoms with van der Waals surface area (Å²) in [6.45, 7) is 6.22. The van der Waals surface area contributed by atoms with Crippen molar-refractivity contribution >= 4 is 39.1 Å². The van der Waals surface area contributed by atoms with Gasteiger partial charge in [0.15, 0.2) is 5.76 Å². The molecule has 206 valence electrons. The van der Waals surface area contributed by atoms with Gasteiger partial charge in [0.1, 0.15) is 33.5 Å². The number of nitrogens with zero attached hydrogens (tertiary/aromatic N) is 3.